The summed E-state index contributed by atoms with van der Waals surface area (Å²) in [5.41, 5.74) is 6.29. The third-order valence-electron chi connectivity index (χ3n) is 18.0. The minimum atomic E-state index is -2.47. The van der Waals surface area contributed by atoms with Gasteiger partial charge in [-0.1, -0.05) is 40.0 Å². The number of hydrogen-bond donors (Lipinski definition) is 15. The van der Waals surface area contributed by atoms with Crippen molar-refractivity contribution in [3.05, 3.63) is 23.3 Å². The molecular weight excluding hydrogens is 1250 g/mol. The van der Waals surface area contributed by atoms with E-state index in [-0.39, 0.29) is 52.2 Å². The van der Waals surface area contributed by atoms with E-state index in [0.29, 0.717) is 50.5 Å². The number of phenolic OH excluding ortho intramolecular Hbond substituents is 1. The maximum atomic E-state index is 15.4. The maximum absolute atomic E-state index is 15.4. The van der Waals surface area contributed by atoms with E-state index in [1.807, 2.05) is 7.05 Å². The number of nitrogens with zero attached hydrogens (tertiary/aromatic N) is 4. The number of phenols is 1. The van der Waals surface area contributed by atoms with Crippen LogP contribution in [0.4, 0.5) is 0 Å². The molecule has 5 heterocycles. The van der Waals surface area contributed by atoms with Crippen molar-refractivity contribution in [1.82, 2.24) is 67.1 Å². The number of hydrogen-bond acceptors (Lipinski definition) is 20. The lowest BCUT2D eigenvalue weighted by molar-refractivity contribution is -0.144. The number of nitrogens with one attached hydrogen (secondary N) is 9. The van der Waals surface area contributed by atoms with Crippen molar-refractivity contribution < 1.29 is 82.2 Å². The van der Waals surface area contributed by atoms with Gasteiger partial charge in [-0.25, -0.2) is 5.90 Å². The number of likely N-dealkylation sites (tertiary alicyclic amines) is 1. The van der Waals surface area contributed by atoms with Gasteiger partial charge in [0.15, 0.2) is 0 Å². The quantitative estimate of drug-likeness (QED) is 0.0329. The Bertz CT molecular complexity index is 3040. The van der Waals surface area contributed by atoms with E-state index in [9.17, 15) is 73.2 Å². The largest absolute Gasteiger partial charge is 0.508 e. The lowest BCUT2D eigenvalue weighted by Crippen LogP contribution is -2.62. The second kappa shape index (κ2) is 36.5. The first kappa shape index (κ1) is 75.6. The van der Waals surface area contributed by atoms with Gasteiger partial charge in [-0.05, 0) is 94.7 Å². The van der Waals surface area contributed by atoms with Crippen LogP contribution in [0, 0.1) is 17.8 Å². The van der Waals surface area contributed by atoms with Crippen molar-refractivity contribution in [2.45, 2.75) is 164 Å². The van der Waals surface area contributed by atoms with Crippen LogP contribution >= 0.6 is 0 Å². The molecule has 32 nitrogen and oxygen atoms in total. The second-order valence-corrected chi connectivity index (χ2v) is 26.7. The van der Waals surface area contributed by atoms with Crippen molar-refractivity contribution >= 4 is 86.7 Å². The van der Waals surface area contributed by atoms with Gasteiger partial charge in [-0.15, -0.1) is 0 Å². The highest BCUT2D eigenvalue weighted by Gasteiger charge is 2.45. The average Bonchev–Trinajstić information content (AvgIpc) is 1.61. The van der Waals surface area contributed by atoms with Crippen LogP contribution in [0.25, 0.3) is 10.9 Å². The van der Waals surface area contributed by atoms with Gasteiger partial charge in [-0.2, -0.15) is 0 Å². The fourth-order valence-corrected chi connectivity index (χ4v) is 13.6. The zero-order valence-electron chi connectivity index (χ0n) is 54.3. The number of piperidine rings is 1. The van der Waals surface area contributed by atoms with Crippen LogP contribution in [0.1, 0.15) is 109 Å². The highest BCUT2D eigenvalue weighted by molar-refractivity contribution is 7.85. The summed E-state index contributed by atoms with van der Waals surface area (Å²) in [4.78, 5) is 166. The molecule has 4 aliphatic heterocycles. The number of aromatic hydroxyl groups is 1. The number of aliphatic hydroxyl groups excluding tert-OH is 3. The minimum absolute atomic E-state index is 0.0834. The molecule has 2 bridgehead atoms. The molecule has 11 amide bonds. The summed E-state index contributed by atoms with van der Waals surface area (Å²) in [6.45, 7) is 5.75. The molecule has 2 saturated heterocycles. The van der Waals surface area contributed by atoms with Crippen molar-refractivity contribution in [2.75, 3.05) is 92.0 Å². The second-order valence-electron chi connectivity index (χ2n) is 25.2. The highest BCUT2D eigenvalue weighted by atomic mass is 32.2. The van der Waals surface area contributed by atoms with Gasteiger partial charge in [0.25, 0.3) is 0 Å². The highest BCUT2D eigenvalue weighted by Crippen LogP contribution is 2.35. The molecule has 6 rings (SSSR count). The van der Waals surface area contributed by atoms with Crippen molar-refractivity contribution in [2.24, 2.45) is 29.4 Å². The van der Waals surface area contributed by atoms with Gasteiger partial charge in [0.05, 0.1) is 60.4 Å². The van der Waals surface area contributed by atoms with Crippen molar-refractivity contribution in [3.63, 3.8) is 0 Å². The van der Waals surface area contributed by atoms with Crippen LogP contribution in [-0.4, -0.2) is 255 Å². The summed E-state index contributed by atoms with van der Waals surface area (Å²) in [5.74, 6) is -7.11. The zero-order valence-corrected chi connectivity index (χ0v) is 55.2. The van der Waals surface area contributed by atoms with Crippen molar-refractivity contribution in [3.8, 4) is 5.75 Å². The van der Waals surface area contributed by atoms with Crippen LogP contribution in [0.15, 0.2) is 17.2 Å². The van der Waals surface area contributed by atoms with Gasteiger partial charge in [0.1, 0.15) is 53.6 Å². The van der Waals surface area contributed by atoms with E-state index in [4.69, 9.17) is 11.6 Å². The number of fused-ring (bicyclic) bond motifs is 5. The van der Waals surface area contributed by atoms with E-state index in [0.717, 1.165) is 69.4 Å². The summed E-state index contributed by atoms with van der Waals surface area (Å²) in [7, 11) is 1.43. The van der Waals surface area contributed by atoms with Gasteiger partial charge in [0, 0.05) is 75.9 Å². The van der Waals surface area contributed by atoms with Crippen LogP contribution in [0.5, 0.6) is 5.75 Å². The van der Waals surface area contributed by atoms with Crippen LogP contribution in [0.3, 0.4) is 0 Å². The average molecular weight is 1340 g/mol. The van der Waals surface area contributed by atoms with Crippen LogP contribution in [0.2, 0.25) is 0 Å². The number of amides is 11. The molecule has 0 aliphatic carbocycles. The third kappa shape index (κ3) is 21.6. The number of rotatable bonds is 25. The Labute approximate surface area is 548 Å². The Morgan fingerprint density at radius 2 is 1.51 bits per heavy atom. The molecule has 1 aromatic carbocycles. The smallest absolute Gasteiger partial charge is 0.248 e. The van der Waals surface area contributed by atoms with Crippen molar-refractivity contribution in [1.29, 1.82) is 0 Å². The van der Waals surface area contributed by atoms with E-state index < -0.39 is 176 Å². The number of carbonyl (C=O) groups is 11. The fourth-order valence-electron chi connectivity index (χ4n) is 12.2. The topological polar surface area (TPSA) is 472 Å². The molecule has 2 aromatic rings. The number of benzene rings is 1. The molecule has 2 fully saturated rings. The predicted octanol–water partition coefficient (Wildman–Crippen LogP) is -4.58. The summed E-state index contributed by atoms with van der Waals surface area (Å²) in [6, 6.07) is -7.30. The molecule has 1 aromatic heterocycles. The lowest BCUT2D eigenvalue weighted by Gasteiger charge is -2.34. The molecule has 33 heteroatoms. The first-order valence-corrected chi connectivity index (χ1v) is 33.6. The van der Waals surface area contributed by atoms with E-state index in [2.05, 4.69) is 69.2 Å². The summed E-state index contributed by atoms with van der Waals surface area (Å²) in [6.07, 6.45) is 2.49. The Balaban J connectivity index is 1.29. The zero-order chi connectivity index (χ0) is 68.9. The molecule has 17 N–H and O–H groups in total. The standard InChI is InChI=1S/C61H97N15O17S/c1-6-34(2)52-58(89)66-26-48(82)67-43-33-94(92)60-39(24-41(55(86)65-27-49(83)70-52)68-59(90)53(35(3)46(80)31-77)71-57(88)44-23-37(78)29-76(44)61(91)42(25-47(62)81)69-56(43)87)38-14-15-45(79)40(54(38)72-60)30-75-21-16-36(17-22-75)28-73(4)19-11-8-12-20-74(5)51(85)13-9-7-10-18-64-50(84)32-93-63/h14-15,34-37,41-44,46,52-53,72,77-80H,6-13,16-33,63H2,1-5H3,(H2,62,81)(H,64,84)(H,65,86)(H,66,89)(H,67,82)(H,68,90)(H,69,87)(H,70,83)(H,71,88)/t34-,35+,37+,41+,42-,43+,44-,46+,52-,53-,94?/m0/s1. The Kier molecular flexibility index (Phi) is 29.3. The monoisotopic (exact) mass is 1340 g/mol. The summed E-state index contributed by atoms with van der Waals surface area (Å²) >= 11 is 0. The summed E-state index contributed by atoms with van der Waals surface area (Å²) < 4.78 is 15.4. The number of aliphatic hydroxyl groups is 3. The molecule has 0 saturated carbocycles. The Morgan fingerprint density at radius 3 is 2.19 bits per heavy atom. The minimum Gasteiger partial charge on any atom is -0.508 e. The molecule has 0 spiro atoms. The van der Waals surface area contributed by atoms with Crippen LogP contribution < -0.4 is 54.2 Å². The first-order valence-electron chi connectivity index (χ1n) is 32.3. The van der Waals surface area contributed by atoms with Crippen LogP contribution in [-0.2, 0) is 81.3 Å². The number of nitrogens with two attached hydrogens (primary N) is 2. The third-order valence-corrected chi connectivity index (χ3v) is 19.5. The molecule has 4 aliphatic rings. The fraction of sp³-hybridized carbons (Fsp3) is 0.689. The van der Waals surface area contributed by atoms with Gasteiger partial charge >= 0.3 is 0 Å². The summed E-state index contributed by atoms with van der Waals surface area (Å²) in [5, 5.41) is 64.1. The number of aromatic amines is 1. The first-order chi connectivity index (χ1) is 44.7. The predicted molar refractivity (Wildman–Crippen MR) is 341 cm³/mol. The lowest BCUT2D eigenvalue weighted by atomic mass is 9.93. The number of carbonyl (C=O) groups excluding carboxylic acids is 11. The molecule has 94 heavy (non-hydrogen) atoms. The molecule has 0 radical (unpaired) electrons. The Morgan fingerprint density at radius 1 is 0.830 bits per heavy atom. The number of primary amides is 1. The number of H-pyrrole nitrogens is 1. The van der Waals surface area contributed by atoms with E-state index in [1.54, 1.807) is 18.7 Å². The normalized spacial score (nSPS) is 24.6. The SMILES string of the molecule is CC[C@H](C)[C@@H]1NC(=O)CNC(=O)[C@H]2Cc3c([nH]c4c(CN5CCC(CN(C)CCCCCN(C)C(=O)CCCCCNC(=O)CON)CC5)c(O)ccc34)S(=O)C[C@@H](NC(=O)CNC1=O)C(=O)N[C@@H](CC(N)=O)C(=O)N1C[C@H](O)C[C@H]1C(=O)N[C@@H]([C@H](C)[C@H](O)CO)C(=O)N2. The van der Waals surface area contributed by atoms with Gasteiger partial charge < -0.3 is 88.4 Å². The van der Waals surface area contributed by atoms with E-state index >= 15 is 4.21 Å². The van der Waals surface area contributed by atoms with Gasteiger partial charge in [0.2, 0.25) is 65.0 Å². The molecule has 524 valence electrons. The molecular formula is C61H97N15O17S. The maximum Gasteiger partial charge on any atom is 0.248 e. The number of unbranched alkanes of at least 4 members (excludes halogenated alkanes) is 4. The van der Waals surface area contributed by atoms with Gasteiger partial charge in [-0.3, -0.25) is 66.7 Å². The molecule has 1 unspecified atom stereocenters. The molecule has 11 atom stereocenters. The number of aromatic nitrogens is 1. The van der Waals surface area contributed by atoms with E-state index in [1.165, 1.54) is 19.1 Å². The Hall–Kier alpha value is -7.40.